The molecule has 0 aliphatic carbocycles. The molecule has 0 saturated carbocycles. The molecule has 4 rings (SSSR count). The monoisotopic (exact) mass is 441 g/mol. The number of nitrogens with zero attached hydrogens (tertiary/aromatic N) is 3. The fraction of sp³-hybridized carbons (Fsp3) is 0.348. The minimum Gasteiger partial charge on any atom is -0.453 e. The number of aliphatic imine (C=N–C) groups is 1. The molecule has 0 bridgehead atoms. The summed E-state index contributed by atoms with van der Waals surface area (Å²) in [6, 6.07) is 15.4. The van der Waals surface area contributed by atoms with Gasteiger partial charge < -0.3 is 14.5 Å². The summed E-state index contributed by atoms with van der Waals surface area (Å²) in [5.41, 5.74) is 1.72. The number of para-hydroxylation sites is 4. The molecule has 2 aliphatic rings. The molecule has 2 aromatic rings. The molecule has 0 fully saturated rings. The third kappa shape index (κ3) is 4.18. The normalized spacial score (nSPS) is 18.7. The summed E-state index contributed by atoms with van der Waals surface area (Å²) in [4.78, 5) is 8.38. The average Bonchev–Trinajstić information content (AvgIpc) is 2.77. The predicted octanol–water partition coefficient (Wildman–Crippen LogP) is 4.60. The zero-order valence-electron chi connectivity index (χ0n) is 17.7. The van der Waals surface area contributed by atoms with Gasteiger partial charge in [0.15, 0.2) is 11.5 Å². The Hall–Kier alpha value is -2.84. The van der Waals surface area contributed by atoms with Crippen LogP contribution in [0.4, 0.5) is 11.4 Å². The van der Waals surface area contributed by atoms with E-state index in [1.165, 1.54) is 0 Å². The summed E-state index contributed by atoms with van der Waals surface area (Å²) >= 11 is 0. The lowest BCUT2D eigenvalue weighted by Gasteiger charge is -2.37. The first kappa shape index (κ1) is 21.4. The summed E-state index contributed by atoms with van der Waals surface area (Å²) in [7, 11) is -4.36. The van der Waals surface area contributed by atoms with Gasteiger partial charge in [-0.05, 0) is 50.1 Å². The first-order chi connectivity index (χ1) is 14.9. The highest BCUT2D eigenvalue weighted by atomic mass is 32.2. The fourth-order valence-corrected chi connectivity index (χ4v) is 5.13. The second kappa shape index (κ2) is 8.72. The number of amidine groups is 1. The van der Waals surface area contributed by atoms with Crippen molar-refractivity contribution in [3.05, 3.63) is 60.8 Å². The molecule has 7 nitrogen and oxygen atoms in total. The van der Waals surface area contributed by atoms with Crippen molar-refractivity contribution >= 4 is 27.3 Å². The molecule has 0 spiro atoms. The summed E-state index contributed by atoms with van der Waals surface area (Å²) in [5.74, 6) is 1.82. The quantitative estimate of drug-likeness (QED) is 0.632. The van der Waals surface area contributed by atoms with Crippen molar-refractivity contribution in [2.75, 3.05) is 18.0 Å². The van der Waals surface area contributed by atoms with Crippen LogP contribution >= 0.6 is 0 Å². The summed E-state index contributed by atoms with van der Waals surface area (Å²) in [5, 5.41) is -1.12. The second-order valence-corrected chi connectivity index (χ2v) is 9.17. The van der Waals surface area contributed by atoms with Gasteiger partial charge in [-0.3, -0.25) is 4.55 Å². The highest BCUT2D eigenvalue weighted by Gasteiger charge is 2.36. The molecular weight excluding hydrogens is 414 g/mol. The van der Waals surface area contributed by atoms with Crippen LogP contribution in [-0.2, 0) is 10.1 Å². The van der Waals surface area contributed by atoms with Crippen LogP contribution in [-0.4, -0.2) is 48.1 Å². The van der Waals surface area contributed by atoms with E-state index in [1.54, 1.807) is 6.20 Å². The minimum atomic E-state index is -4.36. The Morgan fingerprint density at radius 2 is 1.68 bits per heavy atom. The summed E-state index contributed by atoms with van der Waals surface area (Å²) < 4.78 is 41.0. The number of anilines is 2. The van der Waals surface area contributed by atoms with Crippen LogP contribution in [0.2, 0.25) is 0 Å². The van der Waals surface area contributed by atoms with Crippen molar-refractivity contribution in [2.45, 2.75) is 38.0 Å². The highest BCUT2D eigenvalue weighted by molar-refractivity contribution is 7.87. The van der Waals surface area contributed by atoms with E-state index in [4.69, 9.17) is 4.74 Å². The van der Waals surface area contributed by atoms with Crippen LogP contribution in [0.25, 0.3) is 0 Å². The van der Waals surface area contributed by atoms with E-state index in [2.05, 4.69) is 4.99 Å². The molecule has 31 heavy (non-hydrogen) atoms. The van der Waals surface area contributed by atoms with E-state index < -0.39 is 15.4 Å². The zero-order valence-corrected chi connectivity index (χ0v) is 18.5. The maximum Gasteiger partial charge on any atom is 0.275 e. The maximum absolute atomic E-state index is 12.4. The molecule has 2 atom stereocenters. The fourth-order valence-electron chi connectivity index (χ4n) is 4.27. The van der Waals surface area contributed by atoms with Crippen LogP contribution in [0.5, 0.6) is 11.5 Å². The molecular formula is C23H27N3O4S. The second-order valence-electron chi connectivity index (χ2n) is 7.57. The molecule has 164 valence electrons. The number of ether oxygens (including phenoxy) is 1. The predicted molar refractivity (Wildman–Crippen MR) is 123 cm³/mol. The van der Waals surface area contributed by atoms with Crippen LogP contribution in [0.3, 0.4) is 0 Å². The van der Waals surface area contributed by atoms with Gasteiger partial charge in [0, 0.05) is 25.3 Å². The first-order valence-electron chi connectivity index (χ1n) is 10.5. The average molecular weight is 442 g/mol. The van der Waals surface area contributed by atoms with Gasteiger partial charge in [0.2, 0.25) is 0 Å². The van der Waals surface area contributed by atoms with Crippen molar-refractivity contribution in [1.29, 1.82) is 0 Å². The van der Waals surface area contributed by atoms with Gasteiger partial charge in [-0.15, -0.1) is 0 Å². The maximum atomic E-state index is 12.4. The SMILES string of the molecule is CCC1C=CN=C(C(CCN2c3ccccc3Oc3ccccc32)S(=O)(=O)O)N1CC. The summed E-state index contributed by atoms with van der Waals surface area (Å²) in [6.45, 7) is 4.99. The lowest BCUT2D eigenvalue weighted by atomic mass is 10.1. The van der Waals surface area contributed by atoms with Crippen molar-refractivity contribution in [1.82, 2.24) is 4.90 Å². The number of likely N-dealkylation sites (N-methyl/N-ethyl adjacent to an activating group) is 1. The van der Waals surface area contributed by atoms with E-state index in [1.807, 2.05) is 78.3 Å². The highest BCUT2D eigenvalue weighted by Crippen LogP contribution is 2.46. The molecule has 0 saturated heterocycles. The van der Waals surface area contributed by atoms with E-state index in [0.717, 1.165) is 17.8 Å². The van der Waals surface area contributed by atoms with Crippen LogP contribution < -0.4 is 9.64 Å². The molecule has 2 aliphatic heterocycles. The molecule has 1 N–H and O–H groups in total. The number of hydrogen-bond donors (Lipinski definition) is 1. The standard InChI is InChI=1S/C23H27N3O4S/c1-3-17-13-15-24-23(25(17)4-2)22(31(27,28)29)14-16-26-18-9-5-7-11-20(18)30-21-12-8-6-10-19(21)26/h5-13,15,17,22H,3-4,14,16H2,1-2H3,(H,27,28,29). The summed E-state index contributed by atoms with van der Waals surface area (Å²) in [6.07, 6.45) is 4.61. The Bertz CT molecular complexity index is 1070. The Balaban J connectivity index is 1.67. The molecule has 2 heterocycles. The lowest BCUT2D eigenvalue weighted by Crippen LogP contribution is -2.49. The van der Waals surface area contributed by atoms with Crippen LogP contribution in [0.1, 0.15) is 26.7 Å². The van der Waals surface area contributed by atoms with Gasteiger partial charge >= 0.3 is 0 Å². The molecule has 0 radical (unpaired) electrons. The Morgan fingerprint density at radius 1 is 1.06 bits per heavy atom. The molecule has 2 unspecified atom stereocenters. The Labute approximate surface area is 183 Å². The molecule has 8 heteroatoms. The first-order valence-corrected chi connectivity index (χ1v) is 12.0. The number of rotatable bonds is 7. The van der Waals surface area contributed by atoms with Gasteiger partial charge in [-0.1, -0.05) is 31.2 Å². The molecule has 2 aromatic carbocycles. The van der Waals surface area contributed by atoms with E-state index in [0.29, 0.717) is 30.4 Å². The smallest absolute Gasteiger partial charge is 0.275 e. The molecule has 0 aromatic heterocycles. The third-order valence-corrected chi connectivity index (χ3v) is 6.93. The number of hydrogen-bond acceptors (Lipinski definition) is 6. The van der Waals surface area contributed by atoms with Gasteiger partial charge in [0.05, 0.1) is 11.4 Å². The van der Waals surface area contributed by atoms with Crippen LogP contribution in [0, 0.1) is 0 Å². The van der Waals surface area contributed by atoms with E-state index in [9.17, 15) is 13.0 Å². The van der Waals surface area contributed by atoms with Crippen molar-refractivity contribution in [2.24, 2.45) is 4.99 Å². The zero-order chi connectivity index (χ0) is 22.0. The van der Waals surface area contributed by atoms with Crippen molar-refractivity contribution in [3.8, 4) is 11.5 Å². The minimum absolute atomic E-state index is 0.0617. The third-order valence-electron chi connectivity index (χ3n) is 5.76. The largest absolute Gasteiger partial charge is 0.453 e. The van der Waals surface area contributed by atoms with Gasteiger partial charge in [-0.25, -0.2) is 4.99 Å². The van der Waals surface area contributed by atoms with Gasteiger partial charge in [-0.2, -0.15) is 8.42 Å². The van der Waals surface area contributed by atoms with Crippen molar-refractivity contribution < 1.29 is 17.7 Å². The van der Waals surface area contributed by atoms with Crippen molar-refractivity contribution in [3.63, 3.8) is 0 Å². The van der Waals surface area contributed by atoms with E-state index in [-0.39, 0.29) is 12.5 Å². The number of benzene rings is 2. The van der Waals surface area contributed by atoms with Gasteiger partial charge in [0.25, 0.3) is 10.1 Å². The van der Waals surface area contributed by atoms with Crippen LogP contribution in [0.15, 0.2) is 65.8 Å². The topological polar surface area (TPSA) is 82.4 Å². The molecule has 0 amide bonds. The van der Waals surface area contributed by atoms with E-state index >= 15 is 0 Å². The number of fused-ring (bicyclic) bond motifs is 2. The Morgan fingerprint density at radius 3 is 2.23 bits per heavy atom. The lowest BCUT2D eigenvalue weighted by molar-refractivity contribution is 0.351. The Kier molecular flexibility index (Phi) is 6.02. The van der Waals surface area contributed by atoms with Gasteiger partial charge in [0.1, 0.15) is 11.1 Å².